The van der Waals surface area contributed by atoms with Crippen LogP contribution >= 0.6 is 23.5 Å². The lowest BCUT2D eigenvalue weighted by Gasteiger charge is -2.21. The van der Waals surface area contributed by atoms with Crippen LogP contribution in [0.25, 0.3) is 0 Å². The fraction of sp³-hybridized carbons (Fsp3) is 0.520. The molecule has 2 nitrogen and oxygen atoms in total. The Morgan fingerprint density at radius 2 is 1.00 bits per heavy atom. The predicted octanol–water partition coefficient (Wildman–Crippen LogP) is 8.46. The van der Waals surface area contributed by atoms with Crippen molar-refractivity contribution in [2.45, 2.75) is 82.4 Å². The maximum absolute atomic E-state index is 12.8. The van der Waals surface area contributed by atoms with Gasteiger partial charge in [0.1, 0.15) is 0 Å². The molecule has 2 aromatic carbocycles. The number of rotatable bonds is 6. The zero-order chi connectivity index (χ0) is 22.0. The molecule has 0 atom stereocenters. The minimum Gasteiger partial charge on any atom is -0.288 e. The molecule has 158 valence electrons. The first-order valence-corrected chi connectivity index (χ1v) is 12.2. The largest absolute Gasteiger partial charge is 0.288 e. The maximum atomic E-state index is 12.8. The van der Waals surface area contributed by atoms with E-state index in [9.17, 15) is 10.2 Å². The Bertz CT molecular complexity index is 787. The van der Waals surface area contributed by atoms with Crippen LogP contribution in [0.5, 0.6) is 11.5 Å². The Morgan fingerprint density at radius 3 is 1.31 bits per heavy atom. The van der Waals surface area contributed by atoms with E-state index in [-0.39, 0.29) is 22.3 Å². The van der Waals surface area contributed by atoms with Crippen LogP contribution in [-0.2, 0) is 21.0 Å². The molecule has 2 rings (SSSR count). The third kappa shape index (κ3) is 6.36. The molecule has 0 unspecified atom stereocenters. The van der Waals surface area contributed by atoms with E-state index >= 15 is 0 Å². The van der Waals surface area contributed by atoms with Crippen LogP contribution in [0.4, 0.5) is 0 Å². The van der Waals surface area contributed by atoms with Gasteiger partial charge < -0.3 is 0 Å². The summed E-state index contributed by atoms with van der Waals surface area (Å²) in [5.41, 5.74) is 3.76. The molecular formula is C25H34O2S2. The molecule has 0 N–H and O–H groups in total. The molecule has 0 saturated heterocycles. The summed E-state index contributed by atoms with van der Waals surface area (Å²) in [6.45, 7) is 16.6. The summed E-state index contributed by atoms with van der Waals surface area (Å²) in [6, 6.07) is 8.04. The molecule has 0 amide bonds. The van der Waals surface area contributed by atoms with Gasteiger partial charge in [-0.2, -0.15) is 0 Å². The second-order valence-corrected chi connectivity index (χ2v) is 12.1. The third-order valence-corrected chi connectivity index (χ3v) is 7.03. The summed E-state index contributed by atoms with van der Waals surface area (Å²) in [4.78, 5) is 1.69. The van der Waals surface area contributed by atoms with Gasteiger partial charge in [0.2, 0.25) is 0 Å². The molecule has 0 bridgehead atoms. The molecule has 0 aliphatic rings. The molecule has 0 fully saturated rings. The van der Waals surface area contributed by atoms with Crippen LogP contribution in [0.3, 0.4) is 0 Å². The van der Waals surface area contributed by atoms with E-state index in [2.05, 4.69) is 55.4 Å². The van der Waals surface area contributed by atoms with Crippen molar-refractivity contribution in [1.82, 2.24) is 0 Å². The summed E-state index contributed by atoms with van der Waals surface area (Å²) in [6.07, 6.45) is 0.950. The lowest BCUT2D eigenvalue weighted by atomic mass is 9.85. The highest BCUT2D eigenvalue weighted by molar-refractivity contribution is 8.00. The van der Waals surface area contributed by atoms with Gasteiger partial charge in [-0.1, -0.05) is 53.7 Å². The Balaban J connectivity index is 2.00. The Labute approximate surface area is 185 Å². The van der Waals surface area contributed by atoms with E-state index in [1.807, 2.05) is 24.3 Å². The smallest absolute Gasteiger partial charge is 0.195 e. The van der Waals surface area contributed by atoms with Crippen molar-refractivity contribution in [3.8, 4) is 11.5 Å². The summed E-state index contributed by atoms with van der Waals surface area (Å²) < 4.78 is 0. The summed E-state index contributed by atoms with van der Waals surface area (Å²) >= 11 is 3.27. The van der Waals surface area contributed by atoms with E-state index in [0.717, 1.165) is 50.0 Å². The topological polar surface area (TPSA) is 39.8 Å². The third-order valence-electron chi connectivity index (χ3n) is 4.82. The molecular weight excluding hydrogens is 396 g/mol. The maximum Gasteiger partial charge on any atom is 0.195 e. The van der Waals surface area contributed by atoms with Crippen molar-refractivity contribution in [3.63, 3.8) is 0 Å². The molecule has 0 aromatic heterocycles. The number of hydrogen-bond acceptors (Lipinski definition) is 2. The van der Waals surface area contributed by atoms with Gasteiger partial charge in [-0.3, -0.25) is 10.2 Å². The first-order chi connectivity index (χ1) is 13.3. The minimum atomic E-state index is -0.144. The van der Waals surface area contributed by atoms with Gasteiger partial charge in [-0.15, -0.1) is 23.5 Å². The monoisotopic (exact) mass is 430 g/mol. The molecule has 29 heavy (non-hydrogen) atoms. The highest BCUT2D eigenvalue weighted by Crippen LogP contribution is 2.41. The van der Waals surface area contributed by atoms with Crippen LogP contribution in [0.1, 0.15) is 70.2 Å². The number of aryl methyl sites for hydroxylation is 2. The van der Waals surface area contributed by atoms with E-state index < -0.39 is 0 Å². The fourth-order valence-corrected chi connectivity index (χ4v) is 5.45. The predicted molar refractivity (Wildman–Crippen MR) is 126 cm³/mol. The minimum absolute atomic E-state index is 0.144. The van der Waals surface area contributed by atoms with Crippen LogP contribution in [0, 0.1) is 13.8 Å². The average molecular weight is 431 g/mol. The summed E-state index contributed by atoms with van der Waals surface area (Å²) in [5, 5.41) is 25.6. The first-order valence-electron chi connectivity index (χ1n) is 10.2. The molecule has 0 spiro atoms. The Kier molecular flexibility index (Phi) is 7.67. The summed E-state index contributed by atoms with van der Waals surface area (Å²) in [5.74, 6) is 2.08. The van der Waals surface area contributed by atoms with Gasteiger partial charge in [0, 0.05) is 11.1 Å². The molecule has 0 aliphatic carbocycles. The molecule has 0 saturated carbocycles. The fourth-order valence-electron chi connectivity index (χ4n) is 3.23. The normalized spacial score (nSPS) is 12.4. The Morgan fingerprint density at radius 1 is 0.655 bits per heavy atom. The average Bonchev–Trinajstić information content (AvgIpc) is 2.57. The van der Waals surface area contributed by atoms with Crippen LogP contribution in [-0.4, -0.2) is 11.5 Å². The first kappa shape index (κ1) is 24.0. The van der Waals surface area contributed by atoms with Crippen molar-refractivity contribution in [2.75, 3.05) is 11.5 Å². The van der Waals surface area contributed by atoms with Crippen LogP contribution < -0.4 is 0 Å². The lowest BCUT2D eigenvalue weighted by Crippen LogP contribution is -2.11. The van der Waals surface area contributed by atoms with Gasteiger partial charge in [-0.25, -0.2) is 0 Å². The van der Waals surface area contributed by atoms with Crippen molar-refractivity contribution in [1.29, 1.82) is 0 Å². The number of hydrogen-bond donors (Lipinski definition) is 0. The second kappa shape index (κ2) is 9.26. The SMILES string of the molecule is Cc1cc(SCCCSc2cc(C)cc(C(C)(C)C)c2[O])c([O])c(C(C)(C)C)c1. The van der Waals surface area contributed by atoms with Crippen LogP contribution in [0.2, 0.25) is 0 Å². The van der Waals surface area contributed by atoms with Crippen molar-refractivity contribution in [2.24, 2.45) is 0 Å². The quantitative estimate of drug-likeness (QED) is 0.340. The number of thioether (sulfide) groups is 2. The molecule has 2 radical (unpaired) electrons. The van der Waals surface area contributed by atoms with E-state index in [4.69, 9.17) is 0 Å². The van der Waals surface area contributed by atoms with Gasteiger partial charge in [-0.05, 0) is 65.9 Å². The molecule has 0 heterocycles. The molecule has 2 aromatic rings. The van der Waals surface area contributed by atoms with E-state index in [0.29, 0.717) is 0 Å². The van der Waals surface area contributed by atoms with Crippen molar-refractivity contribution in [3.05, 3.63) is 46.5 Å². The Hall–Kier alpha value is -1.26. The van der Waals surface area contributed by atoms with Crippen LogP contribution in [0.15, 0.2) is 34.1 Å². The van der Waals surface area contributed by atoms with Gasteiger partial charge in [0.25, 0.3) is 0 Å². The molecule has 0 aliphatic heterocycles. The van der Waals surface area contributed by atoms with Crippen molar-refractivity contribution >= 4 is 23.5 Å². The van der Waals surface area contributed by atoms with Gasteiger partial charge in [0.15, 0.2) is 11.5 Å². The summed E-state index contributed by atoms with van der Waals surface area (Å²) in [7, 11) is 0. The highest BCUT2D eigenvalue weighted by Gasteiger charge is 2.23. The van der Waals surface area contributed by atoms with Gasteiger partial charge >= 0.3 is 0 Å². The van der Waals surface area contributed by atoms with Gasteiger partial charge in [0.05, 0.1) is 9.79 Å². The second-order valence-electron chi connectivity index (χ2n) is 9.83. The number of benzene rings is 2. The highest BCUT2D eigenvalue weighted by atomic mass is 32.2. The van der Waals surface area contributed by atoms with E-state index in [1.165, 1.54) is 0 Å². The van der Waals surface area contributed by atoms with Crippen molar-refractivity contribution < 1.29 is 10.2 Å². The zero-order valence-corrected chi connectivity index (χ0v) is 20.7. The standard InChI is InChI=1S/C25H34O2S2/c1-16-12-18(24(3,4)5)22(26)20(14-16)28-10-9-11-29-21-15-17(2)13-19(23(21)27)25(6,7)8/h12-15H,9-11H2,1-8H3. The van der Waals surface area contributed by atoms with E-state index in [1.54, 1.807) is 23.5 Å². The zero-order valence-electron chi connectivity index (χ0n) is 19.1. The molecule has 4 heteroatoms. The lowest BCUT2D eigenvalue weighted by molar-refractivity contribution is 0.329.